The number of hydrogen-bond acceptors (Lipinski definition) is 4. The zero-order valence-corrected chi connectivity index (χ0v) is 16.1. The van der Waals surface area contributed by atoms with E-state index in [1.807, 2.05) is 42.5 Å². The molecule has 2 aliphatic heterocycles. The zero-order valence-electron chi connectivity index (χ0n) is 13.6. The number of fused-ring (bicyclic) bond motifs is 1. The second kappa shape index (κ2) is 8.47. The molecule has 0 spiro atoms. The molecule has 5 nitrogen and oxygen atoms in total. The summed E-state index contributed by atoms with van der Waals surface area (Å²) < 4.78 is 28.0. The summed E-state index contributed by atoms with van der Waals surface area (Å²) >= 11 is 3.35. The van der Waals surface area contributed by atoms with Gasteiger partial charge in [-0.15, -0.1) is 0 Å². The lowest BCUT2D eigenvalue weighted by atomic mass is 9.92. The molecule has 134 valence electrons. The Morgan fingerprint density at radius 3 is 2.24 bits per heavy atom. The van der Waals surface area contributed by atoms with Crippen LogP contribution in [0, 0.1) is 0 Å². The molecule has 1 fully saturated rings. The molecule has 0 amide bonds. The maximum Gasteiger partial charge on any atom is 0.377 e. The molecule has 4 rings (SSSR count). The van der Waals surface area contributed by atoms with Crippen LogP contribution in [0.2, 0.25) is 0 Å². The third-order valence-corrected chi connectivity index (χ3v) is 5.75. The van der Waals surface area contributed by atoms with Crippen molar-refractivity contribution in [2.45, 2.75) is 5.92 Å². The molecule has 2 aliphatic rings. The second-order valence-corrected chi connectivity index (χ2v) is 8.52. The van der Waals surface area contributed by atoms with E-state index in [1.54, 1.807) is 6.07 Å². The van der Waals surface area contributed by atoms with Gasteiger partial charge < -0.3 is 18.9 Å². The molecular weight excluding hydrogens is 407 g/mol. The monoisotopic (exact) mass is 426 g/mol. The molecular formula is C18H20BrO5P. The summed E-state index contributed by atoms with van der Waals surface area (Å²) in [7, 11) is -3.58. The van der Waals surface area contributed by atoms with Gasteiger partial charge in [0.15, 0.2) is 0 Å². The maximum absolute atomic E-state index is 12.0. The molecule has 0 aliphatic carbocycles. The third-order valence-electron chi connectivity index (χ3n) is 3.95. The minimum absolute atomic E-state index is 0.103. The predicted octanol–water partition coefficient (Wildman–Crippen LogP) is 4.19. The average molecular weight is 427 g/mol. The van der Waals surface area contributed by atoms with Crippen LogP contribution in [0.3, 0.4) is 0 Å². The van der Waals surface area contributed by atoms with Gasteiger partial charge in [-0.1, -0.05) is 52.3 Å². The molecule has 1 N–H and O–H groups in total. The molecule has 1 saturated heterocycles. The van der Waals surface area contributed by atoms with Gasteiger partial charge in [0.25, 0.3) is 0 Å². The number of benzene rings is 2. The summed E-state index contributed by atoms with van der Waals surface area (Å²) in [4.78, 5) is 9.86. The van der Waals surface area contributed by atoms with Gasteiger partial charge >= 0.3 is 7.60 Å². The quantitative estimate of drug-likeness (QED) is 0.692. The molecule has 0 aromatic heterocycles. The van der Waals surface area contributed by atoms with Gasteiger partial charge in [-0.3, -0.25) is 0 Å². The standard InChI is InChI=1S/C14H12BrO3P.C4H8O2/c15-11-6-7-12-13(10-4-2-1-3-5-10)9-19(16,17)18-14(12)8-11;1-2-6-4-3-5-1/h1-8,13H,9H2,(H,16,17);1-4H2. The van der Waals surface area contributed by atoms with Gasteiger partial charge in [0.2, 0.25) is 0 Å². The van der Waals surface area contributed by atoms with Crippen LogP contribution in [0.1, 0.15) is 17.0 Å². The topological polar surface area (TPSA) is 65.0 Å². The highest BCUT2D eigenvalue weighted by Crippen LogP contribution is 2.55. The van der Waals surface area contributed by atoms with Crippen molar-refractivity contribution in [3.63, 3.8) is 0 Å². The van der Waals surface area contributed by atoms with Crippen LogP contribution >= 0.6 is 23.5 Å². The fraction of sp³-hybridized carbons (Fsp3) is 0.333. The minimum Gasteiger partial charge on any atom is -0.424 e. The average Bonchev–Trinajstić information content (AvgIpc) is 2.63. The highest BCUT2D eigenvalue weighted by atomic mass is 79.9. The predicted molar refractivity (Wildman–Crippen MR) is 99.4 cm³/mol. The maximum atomic E-state index is 12.0. The van der Waals surface area contributed by atoms with Crippen molar-refractivity contribution in [1.29, 1.82) is 0 Å². The van der Waals surface area contributed by atoms with Crippen molar-refractivity contribution < 1.29 is 23.5 Å². The van der Waals surface area contributed by atoms with Crippen molar-refractivity contribution in [3.05, 3.63) is 64.1 Å². The third kappa shape index (κ3) is 5.16. The Kier molecular flexibility index (Phi) is 6.31. The summed E-state index contributed by atoms with van der Waals surface area (Å²) in [6, 6.07) is 15.4. The lowest BCUT2D eigenvalue weighted by Gasteiger charge is -2.29. The summed E-state index contributed by atoms with van der Waals surface area (Å²) in [5.41, 5.74) is 1.98. The molecule has 0 saturated carbocycles. The van der Waals surface area contributed by atoms with Crippen molar-refractivity contribution in [2.75, 3.05) is 32.6 Å². The normalized spacial score (nSPS) is 25.1. The van der Waals surface area contributed by atoms with E-state index in [0.717, 1.165) is 42.0 Å². The van der Waals surface area contributed by atoms with Crippen molar-refractivity contribution in [1.82, 2.24) is 0 Å². The first-order valence-corrected chi connectivity index (χ1v) is 10.6. The van der Waals surface area contributed by atoms with E-state index in [0.29, 0.717) is 5.75 Å². The van der Waals surface area contributed by atoms with Crippen LogP contribution in [0.4, 0.5) is 0 Å². The van der Waals surface area contributed by atoms with Crippen LogP contribution in [0.15, 0.2) is 53.0 Å². The smallest absolute Gasteiger partial charge is 0.377 e. The Hall–Kier alpha value is -1.17. The molecule has 2 aromatic carbocycles. The Balaban J connectivity index is 0.000000258. The van der Waals surface area contributed by atoms with E-state index in [2.05, 4.69) is 15.9 Å². The summed E-state index contributed by atoms with van der Waals surface area (Å²) in [5, 5.41) is 0. The fourth-order valence-corrected chi connectivity index (χ4v) is 4.55. The second-order valence-electron chi connectivity index (χ2n) is 5.78. The highest BCUT2D eigenvalue weighted by Gasteiger charge is 2.36. The van der Waals surface area contributed by atoms with E-state index in [-0.39, 0.29) is 12.1 Å². The molecule has 7 heteroatoms. The van der Waals surface area contributed by atoms with Gasteiger partial charge in [0.1, 0.15) is 5.75 Å². The first kappa shape index (κ1) is 18.6. The van der Waals surface area contributed by atoms with E-state index in [4.69, 9.17) is 14.0 Å². The number of ether oxygens (including phenoxy) is 2. The van der Waals surface area contributed by atoms with Gasteiger partial charge in [0.05, 0.1) is 32.6 Å². The lowest BCUT2D eigenvalue weighted by Crippen LogP contribution is -2.16. The first-order chi connectivity index (χ1) is 12.1. The summed E-state index contributed by atoms with van der Waals surface area (Å²) in [6.45, 7) is 3.11. The molecule has 0 radical (unpaired) electrons. The van der Waals surface area contributed by atoms with Crippen LogP contribution < -0.4 is 4.52 Å². The highest BCUT2D eigenvalue weighted by molar-refractivity contribution is 9.10. The molecule has 2 unspecified atom stereocenters. The molecule has 2 atom stereocenters. The molecule has 2 aromatic rings. The van der Waals surface area contributed by atoms with E-state index < -0.39 is 7.60 Å². The van der Waals surface area contributed by atoms with Gasteiger partial charge in [-0.05, 0) is 17.7 Å². The fourth-order valence-electron chi connectivity index (χ4n) is 2.81. The summed E-state index contributed by atoms with van der Waals surface area (Å²) in [5.74, 6) is 0.384. The number of hydrogen-bond donors (Lipinski definition) is 1. The lowest BCUT2D eigenvalue weighted by molar-refractivity contribution is -0.0334. The number of rotatable bonds is 1. The Morgan fingerprint density at radius 2 is 1.64 bits per heavy atom. The van der Waals surface area contributed by atoms with E-state index in [1.165, 1.54) is 0 Å². The van der Waals surface area contributed by atoms with Crippen LogP contribution in [0.5, 0.6) is 5.75 Å². The van der Waals surface area contributed by atoms with Gasteiger partial charge in [-0.2, -0.15) is 0 Å². The zero-order chi connectivity index (χ0) is 17.7. The summed E-state index contributed by atoms with van der Waals surface area (Å²) in [6.07, 6.45) is 0.117. The van der Waals surface area contributed by atoms with Crippen LogP contribution in [-0.4, -0.2) is 37.5 Å². The molecule has 0 bridgehead atoms. The van der Waals surface area contributed by atoms with Gasteiger partial charge in [-0.25, -0.2) is 4.57 Å². The number of halogens is 1. The largest absolute Gasteiger partial charge is 0.424 e. The van der Waals surface area contributed by atoms with Crippen LogP contribution in [0.25, 0.3) is 0 Å². The first-order valence-electron chi connectivity index (χ1n) is 8.06. The van der Waals surface area contributed by atoms with Crippen molar-refractivity contribution in [3.8, 4) is 5.75 Å². The Labute approximate surface area is 155 Å². The van der Waals surface area contributed by atoms with Crippen molar-refractivity contribution >= 4 is 23.5 Å². The minimum atomic E-state index is -3.58. The Bertz CT molecular complexity index is 737. The van der Waals surface area contributed by atoms with E-state index >= 15 is 0 Å². The molecule has 25 heavy (non-hydrogen) atoms. The van der Waals surface area contributed by atoms with Crippen molar-refractivity contribution in [2.24, 2.45) is 0 Å². The SMILES string of the molecule is C1COCCO1.O=P1(O)CC(c2ccccc2)c2ccc(Br)cc2O1. The van der Waals surface area contributed by atoms with Crippen LogP contribution in [-0.2, 0) is 14.0 Å². The Morgan fingerprint density at radius 1 is 1.00 bits per heavy atom. The van der Waals surface area contributed by atoms with E-state index in [9.17, 15) is 9.46 Å². The molecule has 2 heterocycles. The van der Waals surface area contributed by atoms with Gasteiger partial charge in [0, 0.05) is 16.0 Å².